The molecule has 2 aromatic rings. The molecule has 0 spiro atoms. The molecular formula is C26H30N2O4. The average Bonchev–Trinajstić information content (AvgIpc) is 2.80. The molecule has 2 aliphatic rings. The summed E-state index contributed by atoms with van der Waals surface area (Å²) in [6.07, 6.45) is 4.98. The molecule has 1 heterocycles. The number of hydrogen-bond acceptors (Lipinski definition) is 4. The number of methoxy groups -OCH3 is 1. The summed E-state index contributed by atoms with van der Waals surface area (Å²) in [5, 5.41) is 3.17. The molecule has 0 bridgehead atoms. The van der Waals surface area contributed by atoms with Crippen molar-refractivity contribution in [1.82, 2.24) is 5.32 Å². The monoisotopic (exact) mass is 434 g/mol. The molecule has 0 radical (unpaired) electrons. The summed E-state index contributed by atoms with van der Waals surface area (Å²) in [6.45, 7) is 4.39. The van der Waals surface area contributed by atoms with E-state index < -0.39 is 0 Å². The highest BCUT2D eigenvalue weighted by atomic mass is 16.5. The minimum atomic E-state index is -0.334. The molecule has 4 rings (SSSR count). The predicted octanol–water partition coefficient (Wildman–Crippen LogP) is 4.40. The van der Waals surface area contributed by atoms with Crippen molar-refractivity contribution in [3.63, 3.8) is 0 Å². The second-order valence-corrected chi connectivity index (χ2v) is 8.68. The van der Waals surface area contributed by atoms with Gasteiger partial charge in [0.05, 0.1) is 12.8 Å². The largest absolute Gasteiger partial charge is 0.497 e. The maximum atomic E-state index is 13.3. The molecule has 1 aliphatic carbocycles. The van der Waals surface area contributed by atoms with E-state index in [4.69, 9.17) is 9.47 Å². The third-order valence-electron chi connectivity index (χ3n) is 6.60. The van der Waals surface area contributed by atoms with Crippen molar-refractivity contribution in [2.45, 2.75) is 39.2 Å². The lowest BCUT2D eigenvalue weighted by Crippen LogP contribution is -2.49. The van der Waals surface area contributed by atoms with Crippen LogP contribution in [0.25, 0.3) is 6.08 Å². The quantitative estimate of drug-likeness (QED) is 0.708. The van der Waals surface area contributed by atoms with Crippen LogP contribution in [-0.2, 0) is 9.59 Å². The van der Waals surface area contributed by atoms with E-state index in [1.54, 1.807) is 25.3 Å². The fourth-order valence-corrected chi connectivity index (χ4v) is 4.45. The Hall–Kier alpha value is -3.28. The molecule has 168 valence electrons. The van der Waals surface area contributed by atoms with Gasteiger partial charge in [0.25, 0.3) is 5.91 Å². The molecule has 6 heteroatoms. The lowest BCUT2D eigenvalue weighted by atomic mass is 9.78. The van der Waals surface area contributed by atoms with Gasteiger partial charge in [0, 0.05) is 6.04 Å². The number of anilines is 1. The highest BCUT2D eigenvalue weighted by Gasteiger charge is 2.33. The molecule has 32 heavy (non-hydrogen) atoms. The maximum absolute atomic E-state index is 13.3. The van der Waals surface area contributed by atoms with Crippen LogP contribution in [0.4, 0.5) is 5.69 Å². The summed E-state index contributed by atoms with van der Waals surface area (Å²) >= 11 is 0. The summed E-state index contributed by atoms with van der Waals surface area (Å²) in [7, 11) is 1.61. The predicted molar refractivity (Wildman–Crippen MR) is 125 cm³/mol. The number of para-hydroxylation sites is 2. The molecule has 0 saturated heterocycles. The van der Waals surface area contributed by atoms with Crippen molar-refractivity contribution in [2.75, 3.05) is 18.6 Å². The number of nitrogens with zero attached hydrogens (tertiary/aromatic N) is 1. The number of hydrogen-bond donors (Lipinski definition) is 1. The number of nitrogens with one attached hydrogen (secondary N) is 1. The second-order valence-electron chi connectivity index (χ2n) is 8.68. The molecule has 1 saturated carbocycles. The minimum Gasteiger partial charge on any atom is -0.497 e. The van der Waals surface area contributed by atoms with Crippen molar-refractivity contribution >= 4 is 23.6 Å². The standard InChI is InChI=1S/C26H30N2O4/c1-17-7-6-8-21(18(17)2)27-25(29)16-28-22-9-4-5-10-23(22)32-24(26(28)30)15-19-11-13-20(31-3)14-12-19/h4-5,9-15,17-18,21H,6-8,16H2,1-3H3,(H,27,29)/b24-15-/t17-,18+,21+/m0/s1. The topological polar surface area (TPSA) is 67.9 Å². The third kappa shape index (κ3) is 4.64. The zero-order chi connectivity index (χ0) is 22.7. The van der Waals surface area contributed by atoms with Crippen molar-refractivity contribution in [3.8, 4) is 11.5 Å². The minimum absolute atomic E-state index is 0.0449. The molecule has 2 amide bonds. The van der Waals surface area contributed by atoms with Crippen molar-refractivity contribution in [1.29, 1.82) is 0 Å². The first-order valence-corrected chi connectivity index (χ1v) is 11.2. The molecule has 1 fully saturated rings. The van der Waals surface area contributed by atoms with Gasteiger partial charge in [0.2, 0.25) is 5.91 Å². The summed E-state index contributed by atoms with van der Waals surface area (Å²) in [5.74, 6) is 1.99. The van der Waals surface area contributed by atoms with E-state index in [9.17, 15) is 9.59 Å². The number of ether oxygens (including phenoxy) is 2. The molecule has 3 atom stereocenters. The fraction of sp³-hybridized carbons (Fsp3) is 0.385. The summed E-state index contributed by atoms with van der Waals surface area (Å²) in [6, 6.07) is 14.8. The Balaban J connectivity index is 1.55. The molecule has 2 aromatic carbocycles. The van der Waals surface area contributed by atoms with Crippen LogP contribution < -0.4 is 19.7 Å². The van der Waals surface area contributed by atoms with Gasteiger partial charge in [0.15, 0.2) is 11.5 Å². The molecule has 6 nitrogen and oxygen atoms in total. The third-order valence-corrected chi connectivity index (χ3v) is 6.60. The number of carbonyl (C=O) groups excluding carboxylic acids is 2. The Morgan fingerprint density at radius 3 is 2.66 bits per heavy atom. The Bertz CT molecular complexity index is 1010. The van der Waals surface area contributed by atoms with Crippen LogP contribution in [-0.4, -0.2) is 31.5 Å². The van der Waals surface area contributed by atoms with Gasteiger partial charge in [-0.05, 0) is 54.2 Å². The van der Waals surface area contributed by atoms with E-state index >= 15 is 0 Å². The van der Waals surface area contributed by atoms with Gasteiger partial charge >= 0.3 is 0 Å². The van der Waals surface area contributed by atoms with Crippen LogP contribution in [0.15, 0.2) is 54.3 Å². The van der Waals surface area contributed by atoms with Crippen molar-refractivity contribution < 1.29 is 19.1 Å². The summed E-state index contributed by atoms with van der Waals surface area (Å²) in [5.41, 5.74) is 1.41. The number of amides is 2. The molecular weight excluding hydrogens is 404 g/mol. The average molecular weight is 435 g/mol. The lowest BCUT2D eigenvalue weighted by Gasteiger charge is -2.35. The van der Waals surface area contributed by atoms with Crippen molar-refractivity contribution in [3.05, 3.63) is 59.9 Å². The number of benzene rings is 2. The first-order chi connectivity index (χ1) is 15.5. The van der Waals surface area contributed by atoms with E-state index in [0.29, 0.717) is 23.3 Å². The molecule has 0 aromatic heterocycles. The van der Waals surface area contributed by atoms with Gasteiger partial charge in [0.1, 0.15) is 12.3 Å². The van der Waals surface area contributed by atoms with Crippen molar-refractivity contribution in [2.24, 2.45) is 11.8 Å². The van der Waals surface area contributed by atoms with E-state index in [1.807, 2.05) is 36.4 Å². The first kappa shape index (κ1) is 21.9. The first-order valence-electron chi connectivity index (χ1n) is 11.2. The van der Waals surface area contributed by atoms with Crippen LogP contribution in [0.3, 0.4) is 0 Å². The van der Waals surface area contributed by atoms with Gasteiger partial charge in [-0.2, -0.15) is 0 Å². The van der Waals surface area contributed by atoms with Crippen LogP contribution in [0.2, 0.25) is 0 Å². The van der Waals surface area contributed by atoms with Crippen LogP contribution in [0, 0.1) is 11.8 Å². The normalized spacial score (nSPS) is 24.0. The van der Waals surface area contributed by atoms with Crippen LogP contribution in [0.5, 0.6) is 11.5 Å². The number of carbonyl (C=O) groups is 2. The summed E-state index contributed by atoms with van der Waals surface area (Å²) in [4.78, 5) is 27.7. The smallest absolute Gasteiger partial charge is 0.294 e. The van der Waals surface area contributed by atoms with E-state index in [2.05, 4.69) is 19.2 Å². The molecule has 1 N–H and O–H groups in total. The molecule has 0 unspecified atom stereocenters. The van der Waals surface area contributed by atoms with Gasteiger partial charge in [-0.25, -0.2) is 0 Å². The second kappa shape index (κ2) is 9.47. The number of rotatable bonds is 5. The van der Waals surface area contributed by atoms with E-state index in [-0.39, 0.29) is 30.2 Å². The number of fused-ring (bicyclic) bond motifs is 1. The van der Waals surface area contributed by atoms with E-state index in [0.717, 1.165) is 24.2 Å². The highest BCUT2D eigenvalue weighted by molar-refractivity contribution is 6.12. The Morgan fingerprint density at radius 1 is 1.16 bits per heavy atom. The van der Waals surface area contributed by atoms with Gasteiger partial charge in [-0.3, -0.25) is 14.5 Å². The Labute approximate surface area is 189 Å². The molecule has 1 aliphatic heterocycles. The zero-order valence-corrected chi connectivity index (χ0v) is 18.8. The van der Waals surface area contributed by atoms with Crippen LogP contribution >= 0.6 is 0 Å². The summed E-state index contributed by atoms with van der Waals surface area (Å²) < 4.78 is 11.1. The lowest BCUT2D eigenvalue weighted by molar-refractivity contribution is -0.124. The Kier molecular flexibility index (Phi) is 6.49. The SMILES string of the molecule is COc1ccc(/C=C2\Oc3ccccc3N(CC(=O)N[C@@H]3CCC[C@H](C)[C@H]3C)C2=O)cc1. The van der Waals surface area contributed by atoms with Gasteiger partial charge in [-0.15, -0.1) is 0 Å². The van der Waals surface area contributed by atoms with Gasteiger partial charge < -0.3 is 14.8 Å². The highest BCUT2D eigenvalue weighted by Crippen LogP contribution is 2.36. The Morgan fingerprint density at radius 2 is 1.91 bits per heavy atom. The van der Waals surface area contributed by atoms with Gasteiger partial charge in [-0.1, -0.05) is 51.0 Å². The maximum Gasteiger partial charge on any atom is 0.294 e. The fourth-order valence-electron chi connectivity index (χ4n) is 4.45. The van der Waals surface area contributed by atoms with Crippen LogP contribution in [0.1, 0.15) is 38.7 Å². The van der Waals surface area contributed by atoms with E-state index in [1.165, 1.54) is 11.3 Å². The zero-order valence-electron chi connectivity index (χ0n) is 18.8.